The van der Waals surface area contributed by atoms with Gasteiger partial charge in [-0.1, -0.05) is 20.8 Å². The Bertz CT molecular complexity index is 497. The Kier molecular flexibility index (Phi) is 7.95. The first-order chi connectivity index (χ1) is 9.95. The smallest absolute Gasteiger partial charge is 0.242 e. The minimum Gasteiger partial charge on any atom is -0.380 e. The van der Waals surface area contributed by atoms with E-state index in [4.69, 9.17) is 4.74 Å². The fourth-order valence-electron chi connectivity index (χ4n) is 1.69. The molecule has 1 aromatic heterocycles. The van der Waals surface area contributed by atoms with Crippen LogP contribution in [0.3, 0.4) is 0 Å². The summed E-state index contributed by atoms with van der Waals surface area (Å²) in [7, 11) is -3.46. The third kappa shape index (κ3) is 7.08. The highest BCUT2D eigenvalue weighted by Crippen LogP contribution is 2.10. The van der Waals surface area contributed by atoms with Crippen LogP contribution in [-0.2, 0) is 21.3 Å². The van der Waals surface area contributed by atoms with E-state index in [0.717, 1.165) is 18.7 Å². The first kappa shape index (κ1) is 18.2. The van der Waals surface area contributed by atoms with E-state index in [1.54, 1.807) is 6.07 Å². The molecule has 0 bridgehead atoms. The Morgan fingerprint density at radius 2 is 2.10 bits per heavy atom. The molecule has 6 nitrogen and oxygen atoms in total. The molecule has 0 saturated carbocycles. The number of ether oxygens (including phenoxy) is 1. The first-order valence-electron chi connectivity index (χ1n) is 7.41. The lowest BCUT2D eigenvalue weighted by atomic mass is 10.1. The van der Waals surface area contributed by atoms with Crippen molar-refractivity contribution in [2.24, 2.45) is 5.92 Å². The second-order valence-electron chi connectivity index (χ2n) is 5.33. The van der Waals surface area contributed by atoms with Gasteiger partial charge in [-0.15, -0.1) is 0 Å². The van der Waals surface area contributed by atoms with E-state index in [2.05, 4.69) is 28.9 Å². The Morgan fingerprint density at radius 1 is 1.33 bits per heavy atom. The summed E-state index contributed by atoms with van der Waals surface area (Å²) >= 11 is 0. The molecule has 1 aromatic rings. The monoisotopic (exact) mass is 317 g/mol. The summed E-state index contributed by atoms with van der Waals surface area (Å²) in [6.07, 6.45) is 2.49. The molecule has 0 amide bonds. The summed E-state index contributed by atoms with van der Waals surface area (Å²) < 4.78 is 32.0. The summed E-state index contributed by atoms with van der Waals surface area (Å²) in [6, 6.07) is 1.64. The lowest BCUT2D eigenvalue weighted by Gasteiger charge is -2.07. The Morgan fingerprint density at radius 3 is 2.76 bits per heavy atom. The maximum absolute atomic E-state index is 12.1. The second kappa shape index (κ2) is 9.19. The van der Waals surface area contributed by atoms with Crippen LogP contribution in [0.5, 0.6) is 0 Å². The fraction of sp³-hybridized carbons (Fsp3) is 0.714. The van der Waals surface area contributed by atoms with E-state index in [1.807, 2.05) is 6.92 Å². The Hall–Kier alpha value is -0.890. The molecule has 21 heavy (non-hydrogen) atoms. The number of aromatic nitrogens is 1. The summed E-state index contributed by atoms with van der Waals surface area (Å²) in [5.74, 6) is 0.594. The van der Waals surface area contributed by atoms with Gasteiger partial charge in [-0.05, 0) is 24.9 Å². The summed E-state index contributed by atoms with van der Waals surface area (Å²) in [6.45, 7) is 9.07. The molecule has 0 spiro atoms. The van der Waals surface area contributed by atoms with Crippen LogP contribution in [0, 0.1) is 5.92 Å². The van der Waals surface area contributed by atoms with Gasteiger partial charge in [0.05, 0.1) is 11.5 Å². The van der Waals surface area contributed by atoms with Crippen LogP contribution in [0.4, 0.5) is 0 Å². The molecule has 7 heteroatoms. The highest BCUT2D eigenvalue weighted by Gasteiger charge is 2.15. The van der Waals surface area contributed by atoms with Crippen molar-refractivity contribution in [2.75, 3.05) is 26.3 Å². The van der Waals surface area contributed by atoms with E-state index < -0.39 is 10.0 Å². The Balaban J connectivity index is 2.34. The molecule has 122 valence electrons. The maximum Gasteiger partial charge on any atom is 0.242 e. The topological polar surface area (TPSA) is 83.2 Å². The zero-order valence-electron chi connectivity index (χ0n) is 13.1. The zero-order valence-corrected chi connectivity index (χ0v) is 13.9. The van der Waals surface area contributed by atoms with Crippen molar-refractivity contribution in [3.8, 4) is 0 Å². The lowest BCUT2D eigenvalue weighted by Crippen LogP contribution is -2.27. The molecule has 0 aliphatic heterocycles. The van der Waals surface area contributed by atoms with E-state index in [0.29, 0.717) is 25.7 Å². The lowest BCUT2D eigenvalue weighted by molar-refractivity contribution is 0.128. The second-order valence-corrected chi connectivity index (χ2v) is 7.10. The molecule has 0 atom stereocenters. The predicted molar refractivity (Wildman–Crippen MR) is 83.6 cm³/mol. The van der Waals surface area contributed by atoms with Crippen LogP contribution in [0.1, 0.15) is 32.9 Å². The highest BCUT2D eigenvalue weighted by atomic mass is 32.2. The number of sulfonamides is 1. The summed E-state index contributed by atoms with van der Waals surface area (Å²) in [5.41, 5.74) is 0.852. The molecule has 0 radical (unpaired) electrons. The number of hydrogen-bond donors (Lipinski definition) is 3. The van der Waals surface area contributed by atoms with Gasteiger partial charge in [0.2, 0.25) is 10.0 Å². The van der Waals surface area contributed by atoms with Crippen LogP contribution in [0.25, 0.3) is 0 Å². The number of hydrogen-bond acceptors (Lipinski definition) is 4. The maximum atomic E-state index is 12.1. The van der Waals surface area contributed by atoms with Crippen molar-refractivity contribution in [1.29, 1.82) is 0 Å². The van der Waals surface area contributed by atoms with Gasteiger partial charge in [0.1, 0.15) is 0 Å². The molecular weight excluding hydrogens is 290 g/mol. The SMILES string of the molecule is CCNCc1cc(S(=O)(=O)NCCOCCC(C)C)c[nH]1. The van der Waals surface area contributed by atoms with E-state index in [1.165, 1.54) is 6.20 Å². The molecule has 0 saturated heterocycles. The van der Waals surface area contributed by atoms with Gasteiger partial charge in [-0.3, -0.25) is 0 Å². The molecule has 0 unspecified atom stereocenters. The molecule has 1 rings (SSSR count). The number of H-pyrrole nitrogens is 1. The van der Waals surface area contributed by atoms with Gasteiger partial charge in [0.25, 0.3) is 0 Å². The van der Waals surface area contributed by atoms with E-state index >= 15 is 0 Å². The number of aromatic amines is 1. The normalized spacial score (nSPS) is 12.2. The van der Waals surface area contributed by atoms with Crippen molar-refractivity contribution in [3.63, 3.8) is 0 Å². The van der Waals surface area contributed by atoms with Gasteiger partial charge < -0.3 is 15.0 Å². The van der Waals surface area contributed by atoms with Crippen molar-refractivity contribution in [3.05, 3.63) is 18.0 Å². The van der Waals surface area contributed by atoms with E-state index in [9.17, 15) is 8.42 Å². The van der Waals surface area contributed by atoms with Crippen LogP contribution in [0.2, 0.25) is 0 Å². The fourth-order valence-corrected chi connectivity index (χ4v) is 2.72. The molecule has 3 N–H and O–H groups in total. The van der Waals surface area contributed by atoms with Crippen molar-refractivity contribution >= 4 is 10.0 Å². The van der Waals surface area contributed by atoms with Gasteiger partial charge in [-0.25, -0.2) is 13.1 Å². The van der Waals surface area contributed by atoms with Gasteiger partial charge >= 0.3 is 0 Å². The number of nitrogens with one attached hydrogen (secondary N) is 3. The molecule has 0 aliphatic rings. The zero-order chi connectivity index (χ0) is 15.7. The number of rotatable bonds is 11. The van der Waals surface area contributed by atoms with Crippen molar-refractivity contribution < 1.29 is 13.2 Å². The quantitative estimate of drug-likeness (QED) is 0.540. The third-order valence-corrected chi connectivity index (χ3v) is 4.41. The van der Waals surface area contributed by atoms with Crippen LogP contribution in [-0.4, -0.2) is 39.7 Å². The van der Waals surface area contributed by atoms with Crippen LogP contribution < -0.4 is 10.0 Å². The molecular formula is C14H27N3O3S. The average Bonchev–Trinajstić information content (AvgIpc) is 2.89. The largest absolute Gasteiger partial charge is 0.380 e. The highest BCUT2D eigenvalue weighted by molar-refractivity contribution is 7.89. The third-order valence-electron chi connectivity index (χ3n) is 2.97. The molecule has 1 heterocycles. The minimum atomic E-state index is -3.46. The Labute approximate surface area is 127 Å². The van der Waals surface area contributed by atoms with Crippen LogP contribution >= 0.6 is 0 Å². The minimum absolute atomic E-state index is 0.262. The molecule has 0 fully saturated rings. The predicted octanol–water partition coefficient (Wildman–Crippen LogP) is 1.47. The first-order valence-corrected chi connectivity index (χ1v) is 8.89. The van der Waals surface area contributed by atoms with E-state index in [-0.39, 0.29) is 11.4 Å². The van der Waals surface area contributed by atoms with Crippen molar-refractivity contribution in [2.45, 2.75) is 38.6 Å². The molecule has 0 aromatic carbocycles. The van der Waals surface area contributed by atoms with Crippen molar-refractivity contribution in [1.82, 2.24) is 15.0 Å². The van der Waals surface area contributed by atoms with Gasteiger partial charge in [0.15, 0.2) is 0 Å². The van der Waals surface area contributed by atoms with Gasteiger partial charge in [-0.2, -0.15) is 0 Å². The van der Waals surface area contributed by atoms with Gasteiger partial charge in [0, 0.05) is 31.6 Å². The standard InChI is InChI=1S/C14H27N3O3S/c1-4-15-10-13-9-14(11-16-13)21(18,19)17-6-8-20-7-5-12(2)3/h9,11-12,15-17H,4-8,10H2,1-3H3. The summed E-state index contributed by atoms with van der Waals surface area (Å²) in [4.78, 5) is 3.22. The summed E-state index contributed by atoms with van der Waals surface area (Å²) in [5, 5.41) is 3.14. The van der Waals surface area contributed by atoms with Crippen LogP contribution in [0.15, 0.2) is 17.2 Å². The molecule has 0 aliphatic carbocycles. The average molecular weight is 317 g/mol.